The molecule has 0 spiro atoms. The molecule has 0 radical (unpaired) electrons. The lowest BCUT2D eigenvalue weighted by Crippen LogP contribution is -2.14. The van der Waals surface area contributed by atoms with Crippen LogP contribution in [0.25, 0.3) is 0 Å². The van der Waals surface area contributed by atoms with Gasteiger partial charge >= 0.3 is 0 Å². The second-order valence-electron chi connectivity index (χ2n) is 3.89. The number of carbonyl (C=O) groups is 1. The van der Waals surface area contributed by atoms with Crippen LogP contribution in [0.5, 0.6) is 5.75 Å². The first-order valence-electron chi connectivity index (χ1n) is 5.51. The molecule has 0 aliphatic rings. The molecule has 0 fully saturated rings. The summed E-state index contributed by atoms with van der Waals surface area (Å²) in [7, 11) is 0. The Morgan fingerprint density at radius 1 is 1.35 bits per heavy atom. The zero-order valence-electron chi connectivity index (χ0n) is 10.0. The first-order chi connectivity index (χ1) is 9.52. The van der Waals surface area contributed by atoms with Gasteiger partial charge in [0.15, 0.2) is 0 Å². The number of phenols is 1. The highest BCUT2D eigenvalue weighted by Crippen LogP contribution is 2.24. The van der Waals surface area contributed by atoms with Crippen molar-refractivity contribution in [1.29, 1.82) is 5.26 Å². The Balaban J connectivity index is 2.36. The summed E-state index contributed by atoms with van der Waals surface area (Å²) < 4.78 is 14.2. The van der Waals surface area contributed by atoms with Gasteiger partial charge in [-0.15, -0.1) is 0 Å². The monoisotopic (exact) mass is 334 g/mol. The number of phenolic OH excluding ortho intramolecular Hbond substituents is 1. The third-order valence-electron chi connectivity index (χ3n) is 2.57. The average molecular weight is 335 g/mol. The van der Waals surface area contributed by atoms with E-state index in [2.05, 4.69) is 21.2 Å². The molecule has 1 amide bonds. The van der Waals surface area contributed by atoms with Crippen LogP contribution in [-0.2, 0) is 0 Å². The minimum absolute atomic E-state index is 0.226. The summed E-state index contributed by atoms with van der Waals surface area (Å²) >= 11 is 3.21. The third-order valence-corrected chi connectivity index (χ3v) is 3.06. The van der Waals surface area contributed by atoms with Crippen molar-refractivity contribution in [3.63, 3.8) is 0 Å². The summed E-state index contributed by atoms with van der Waals surface area (Å²) in [6.45, 7) is 0. The van der Waals surface area contributed by atoms with Crippen molar-refractivity contribution in [3.8, 4) is 11.8 Å². The van der Waals surface area contributed by atoms with Crippen LogP contribution in [0.2, 0.25) is 0 Å². The molecule has 100 valence electrons. The van der Waals surface area contributed by atoms with Crippen LogP contribution < -0.4 is 5.32 Å². The van der Waals surface area contributed by atoms with Crippen LogP contribution in [-0.4, -0.2) is 11.0 Å². The molecule has 4 nitrogen and oxygen atoms in total. The predicted octanol–water partition coefficient (Wildman–Crippen LogP) is 3.42. The highest BCUT2D eigenvalue weighted by Gasteiger charge is 2.17. The Morgan fingerprint density at radius 3 is 2.75 bits per heavy atom. The summed E-state index contributed by atoms with van der Waals surface area (Å²) in [6, 6.07) is 10.2. The van der Waals surface area contributed by atoms with Crippen molar-refractivity contribution in [3.05, 3.63) is 57.8 Å². The number of carbonyl (C=O) groups excluding carboxylic acids is 1. The number of nitrogens with zero attached hydrogens (tertiary/aromatic N) is 1. The molecule has 0 atom stereocenters. The van der Waals surface area contributed by atoms with Crippen LogP contribution in [0.4, 0.5) is 10.1 Å². The minimum Gasteiger partial charge on any atom is -0.507 e. The van der Waals surface area contributed by atoms with Crippen molar-refractivity contribution in [2.75, 3.05) is 5.32 Å². The normalized spacial score (nSPS) is 9.85. The molecule has 2 aromatic rings. The molecule has 2 N–H and O–H groups in total. The van der Waals surface area contributed by atoms with E-state index in [1.165, 1.54) is 24.3 Å². The molecule has 0 saturated heterocycles. The van der Waals surface area contributed by atoms with Crippen LogP contribution in [0.15, 0.2) is 40.9 Å². The first kappa shape index (κ1) is 14.0. The number of benzene rings is 2. The molecular weight excluding hydrogens is 327 g/mol. The van der Waals surface area contributed by atoms with E-state index in [1.807, 2.05) is 6.07 Å². The molecule has 0 unspecified atom stereocenters. The van der Waals surface area contributed by atoms with Crippen molar-refractivity contribution in [2.24, 2.45) is 0 Å². The van der Waals surface area contributed by atoms with E-state index in [0.717, 1.165) is 6.07 Å². The van der Waals surface area contributed by atoms with Gasteiger partial charge in [-0.1, -0.05) is 22.0 Å². The molecule has 2 rings (SSSR count). The molecule has 0 aliphatic heterocycles. The van der Waals surface area contributed by atoms with E-state index >= 15 is 0 Å². The van der Waals surface area contributed by atoms with E-state index in [4.69, 9.17) is 5.26 Å². The second kappa shape index (κ2) is 5.72. The van der Waals surface area contributed by atoms with Crippen LogP contribution in [0.1, 0.15) is 15.9 Å². The Hall–Kier alpha value is -2.39. The lowest BCUT2D eigenvalue weighted by atomic mass is 10.1. The number of hydrogen-bond donors (Lipinski definition) is 2. The zero-order chi connectivity index (χ0) is 14.7. The minimum atomic E-state index is -0.835. The zero-order valence-corrected chi connectivity index (χ0v) is 11.6. The van der Waals surface area contributed by atoms with Gasteiger partial charge in [-0.3, -0.25) is 4.79 Å². The maximum Gasteiger partial charge on any atom is 0.262 e. The molecule has 0 saturated carbocycles. The van der Waals surface area contributed by atoms with Crippen LogP contribution >= 0.6 is 15.9 Å². The fourth-order valence-corrected chi connectivity index (χ4v) is 2.00. The smallest absolute Gasteiger partial charge is 0.262 e. The summed E-state index contributed by atoms with van der Waals surface area (Å²) in [5, 5.41) is 20.9. The predicted molar refractivity (Wildman–Crippen MR) is 74.9 cm³/mol. The van der Waals surface area contributed by atoms with E-state index in [-0.39, 0.29) is 11.3 Å². The molecular formula is C14H8BrFN2O2. The lowest BCUT2D eigenvalue weighted by Gasteiger charge is -2.09. The van der Waals surface area contributed by atoms with E-state index in [0.29, 0.717) is 4.47 Å². The second-order valence-corrected chi connectivity index (χ2v) is 4.81. The number of hydrogen-bond acceptors (Lipinski definition) is 3. The lowest BCUT2D eigenvalue weighted by molar-refractivity contribution is 0.102. The van der Waals surface area contributed by atoms with E-state index in [1.54, 1.807) is 6.07 Å². The molecule has 2 aromatic carbocycles. The van der Waals surface area contributed by atoms with Gasteiger partial charge in [-0.25, -0.2) is 4.39 Å². The van der Waals surface area contributed by atoms with Crippen LogP contribution in [0, 0.1) is 17.1 Å². The molecule has 6 heteroatoms. The first-order valence-corrected chi connectivity index (χ1v) is 6.30. The number of aromatic hydroxyl groups is 1. The van der Waals surface area contributed by atoms with Gasteiger partial charge in [0, 0.05) is 4.47 Å². The van der Waals surface area contributed by atoms with Gasteiger partial charge in [0.05, 0.1) is 11.3 Å². The number of amides is 1. The summed E-state index contributed by atoms with van der Waals surface area (Å²) in [4.78, 5) is 12.0. The van der Waals surface area contributed by atoms with Gasteiger partial charge in [-0.2, -0.15) is 5.26 Å². The number of nitriles is 1. The SMILES string of the molecule is N#Cc1cc(Br)ccc1NC(=O)c1c(O)cccc1F. The topological polar surface area (TPSA) is 73.1 Å². The maximum absolute atomic E-state index is 13.6. The number of halogens is 2. The van der Waals surface area contributed by atoms with Gasteiger partial charge < -0.3 is 10.4 Å². The third kappa shape index (κ3) is 2.78. The highest BCUT2D eigenvalue weighted by molar-refractivity contribution is 9.10. The summed E-state index contributed by atoms with van der Waals surface area (Å²) in [6.07, 6.45) is 0. The Labute approximate surface area is 122 Å². The maximum atomic E-state index is 13.6. The Kier molecular flexibility index (Phi) is 4.01. The van der Waals surface area contributed by atoms with Crippen LogP contribution in [0.3, 0.4) is 0 Å². The summed E-state index contributed by atoms with van der Waals surface area (Å²) in [5.41, 5.74) is 0.00576. The molecule has 0 heterocycles. The van der Waals surface area contributed by atoms with Crippen molar-refractivity contribution < 1.29 is 14.3 Å². The van der Waals surface area contributed by atoms with Crippen molar-refractivity contribution >= 4 is 27.5 Å². The quantitative estimate of drug-likeness (QED) is 0.883. The fraction of sp³-hybridized carbons (Fsp3) is 0. The average Bonchev–Trinajstić information content (AvgIpc) is 2.40. The molecule has 20 heavy (non-hydrogen) atoms. The van der Waals surface area contributed by atoms with Gasteiger partial charge in [0.25, 0.3) is 5.91 Å². The number of nitrogens with one attached hydrogen (secondary N) is 1. The molecule has 0 aromatic heterocycles. The van der Waals surface area contributed by atoms with Gasteiger partial charge in [0.1, 0.15) is 23.2 Å². The van der Waals surface area contributed by atoms with Crippen molar-refractivity contribution in [2.45, 2.75) is 0 Å². The van der Waals surface area contributed by atoms with E-state index in [9.17, 15) is 14.3 Å². The largest absolute Gasteiger partial charge is 0.507 e. The fourth-order valence-electron chi connectivity index (χ4n) is 1.64. The van der Waals surface area contributed by atoms with Crippen molar-refractivity contribution in [1.82, 2.24) is 0 Å². The Bertz CT molecular complexity index is 705. The van der Waals surface area contributed by atoms with Gasteiger partial charge in [-0.05, 0) is 30.3 Å². The highest BCUT2D eigenvalue weighted by atomic mass is 79.9. The Morgan fingerprint density at radius 2 is 2.10 bits per heavy atom. The molecule has 0 aliphatic carbocycles. The summed E-state index contributed by atoms with van der Waals surface area (Å²) in [5.74, 6) is -2.12. The molecule has 0 bridgehead atoms. The number of rotatable bonds is 2. The van der Waals surface area contributed by atoms with E-state index < -0.39 is 23.0 Å². The van der Waals surface area contributed by atoms with Gasteiger partial charge in [0.2, 0.25) is 0 Å². The standard InChI is InChI=1S/C14H8BrFN2O2/c15-9-4-5-11(8(6-9)7-17)18-14(20)13-10(16)2-1-3-12(13)19/h1-6,19H,(H,18,20). The number of anilines is 1.